The second kappa shape index (κ2) is 5.27. The SMILES string of the molecule is Cc1cc(C(N)Cc2ccc(F)cc2)ccc1F. The maximum Gasteiger partial charge on any atom is 0.126 e. The van der Waals surface area contributed by atoms with Crippen LogP contribution in [0.25, 0.3) is 0 Å². The highest BCUT2D eigenvalue weighted by molar-refractivity contribution is 5.28. The van der Waals surface area contributed by atoms with E-state index >= 15 is 0 Å². The standard InChI is InChI=1S/C15H15F2N/c1-10-8-12(4-7-14(10)17)15(18)9-11-2-5-13(16)6-3-11/h2-8,15H,9,18H2,1H3. The minimum Gasteiger partial charge on any atom is -0.324 e. The summed E-state index contributed by atoms with van der Waals surface area (Å²) in [6.45, 7) is 1.71. The van der Waals surface area contributed by atoms with E-state index in [0.717, 1.165) is 11.1 Å². The molecule has 2 N–H and O–H groups in total. The molecule has 0 saturated heterocycles. The van der Waals surface area contributed by atoms with Gasteiger partial charge in [-0.15, -0.1) is 0 Å². The van der Waals surface area contributed by atoms with Crippen LogP contribution in [0.3, 0.4) is 0 Å². The van der Waals surface area contributed by atoms with Crippen LogP contribution in [0.4, 0.5) is 8.78 Å². The zero-order valence-corrected chi connectivity index (χ0v) is 10.2. The van der Waals surface area contributed by atoms with Gasteiger partial charge in [0.2, 0.25) is 0 Å². The molecule has 94 valence electrons. The zero-order valence-electron chi connectivity index (χ0n) is 10.2. The van der Waals surface area contributed by atoms with Gasteiger partial charge < -0.3 is 5.73 Å². The minimum atomic E-state index is -0.259. The first-order valence-corrected chi connectivity index (χ1v) is 5.82. The summed E-state index contributed by atoms with van der Waals surface area (Å²) in [5, 5.41) is 0. The van der Waals surface area contributed by atoms with Crippen molar-refractivity contribution in [2.45, 2.75) is 19.4 Å². The van der Waals surface area contributed by atoms with Crippen LogP contribution in [-0.2, 0) is 6.42 Å². The van der Waals surface area contributed by atoms with Crippen LogP contribution >= 0.6 is 0 Å². The number of benzene rings is 2. The van der Waals surface area contributed by atoms with Crippen LogP contribution in [-0.4, -0.2) is 0 Å². The van der Waals surface area contributed by atoms with Crippen LogP contribution in [0.2, 0.25) is 0 Å². The van der Waals surface area contributed by atoms with Gasteiger partial charge in [-0.2, -0.15) is 0 Å². The second-order valence-corrected chi connectivity index (χ2v) is 4.45. The molecule has 0 bridgehead atoms. The topological polar surface area (TPSA) is 26.0 Å². The fraction of sp³-hybridized carbons (Fsp3) is 0.200. The Morgan fingerprint density at radius 2 is 1.72 bits per heavy atom. The van der Waals surface area contributed by atoms with Gasteiger partial charge in [-0.3, -0.25) is 0 Å². The summed E-state index contributed by atoms with van der Waals surface area (Å²) in [7, 11) is 0. The van der Waals surface area contributed by atoms with Crippen molar-refractivity contribution in [3.63, 3.8) is 0 Å². The highest BCUT2D eigenvalue weighted by Crippen LogP contribution is 2.19. The van der Waals surface area contributed by atoms with E-state index in [2.05, 4.69) is 0 Å². The molecular formula is C15H15F2N. The molecule has 0 heterocycles. The molecule has 2 aromatic carbocycles. The smallest absolute Gasteiger partial charge is 0.126 e. The molecule has 0 aliphatic carbocycles. The normalized spacial score (nSPS) is 12.4. The Balaban J connectivity index is 2.13. The van der Waals surface area contributed by atoms with Gasteiger partial charge in [0.15, 0.2) is 0 Å². The van der Waals surface area contributed by atoms with Gasteiger partial charge in [-0.05, 0) is 48.2 Å². The van der Waals surface area contributed by atoms with E-state index in [1.54, 1.807) is 31.2 Å². The Morgan fingerprint density at radius 3 is 2.33 bits per heavy atom. The number of rotatable bonds is 3. The van der Waals surface area contributed by atoms with Crippen molar-refractivity contribution in [2.24, 2.45) is 5.73 Å². The van der Waals surface area contributed by atoms with Crippen LogP contribution in [0.15, 0.2) is 42.5 Å². The molecule has 2 rings (SSSR count). The lowest BCUT2D eigenvalue weighted by molar-refractivity contribution is 0.614. The summed E-state index contributed by atoms with van der Waals surface area (Å²) < 4.78 is 25.9. The average Bonchev–Trinajstić information content (AvgIpc) is 2.35. The van der Waals surface area contributed by atoms with E-state index < -0.39 is 0 Å². The third-order valence-corrected chi connectivity index (χ3v) is 2.98. The fourth-order valence-electron chi connectivity index (χ4n) is 1.89. The molecule has 18 heavy (non-hydrogen) atoms. The molecule has 0 fully saturated rings. The van der Waals surface area contributed by atoms with Gasteiger partial charge in [0.25, 0.3) is 0 Å². The zero-order chi connectivity index (χ0) is 13.1. The van der Waals surface area contributed by atoms with E-state index in [0.29, 0.717) is 12.0 Å². The molecule has 0 aromatic heterocycles. The molecule has 0 spiro atoms. The average molecular weight is 247 g/mol. The Morgan fingerprint density at radius 1 is 1.06 bits per heavy atom. The monoisotopic (exact) mass is 247 g/mol. The van der Waals surface area contributed by atoms with Crippen molar-refractivity contribution in [2.75, 3.05) is 0 Å². The van der Waals surface area contributed by atoms with Gasteiger partial charge in [0.1, 0.15) is 11.6 Å². The van der Waals surface area contributed by atoms with Gasteiger partial charge in [-0.25, -0.2) is 8.78 Å². The summed E-state index contributed by atoms with van der Waals surface area (Å²) in [5.41, 5.74) is 8.50. The van der Waals surface area contributed by atoms with E-state index in [4.69, 9.17) is 5.73 Å². The summed E-state index contributed by atoms with van der Waals surface area (Å²) >= 11 is 0. The quantitative estimate of drug-likeness (QED) is 0.882. The van der Waals surface area contributed by atoms with E-state index in [1.165, 1.54) is 18.2 Å². The molecule has 3 heteroatoms. The summed E-state index contributed by atoms with van der Waals surface area (Å²) in [6.07, 6.45) is 0.603. The third-order valence-electron chi connectivity index (χ3n) is 2.98. The van der Waals surface area contributed by atoms with Crippen molar-refractivity contribution in [1.82, 2.24) is 0 Å². The predicted molar refractivity (Wildman–Crippen MR) is 68.2 cm³/mol. The second-order valence-electron chi connectivity index (χ2n) is 4.45. The Hall–Kier alpha value is -1.74. The highest BCUT2D eigenvalue weighted by Gasteiger charge is 2.09. The molecule has 2 aromatic rings. The van der Waals surface area contributed by atoms with Crippen molar-refractivity contribution in [1.29, 1.82) is 0 Å². The molecule has 0 radical (unpaired) electrons. The van der Waals surface area contributed by atoms with E-state index in [9.17, 15) is 8.78 Å². The van der Waals surface area contributed by atoms with Crippen LogP contribution in [0.5, 0.6) is 0 Å². The molecule has 0 aliphatic heterocycles. The number of hydrogen-bond acceptors (Lipinski definition) is 1. The first kappa shape index (κ1) is 12.7. The number of nitrogens with two attached hydrogens (primary N) is 1. The molecule has 1 atom stereocenters. The molecule has 0 saturated carbocycles. The predicted octanol–water partition coefficient (Wildman–Crippen LogP) is 3.52. The van der Waals surface area contributed by atoms with Crippen LogP contribution in [0, 0.1) is 18.6 Å². The fourth-order valence-corrected chi connectivity index (χ4v) is 1.89. The van der Waals surface area contributed by atoms with E-state index in [-0.39, 0.29) is 17.7 Å². The molecule has 0 amide bonds. The Bertz CT molecular complexity index is 535. The number of halogens is 2. The van der Waals surface area contributed by atoms with Crippen molar-refractivity contribution < 1.29 is 8.78 Å². The first-order chi connectivity index (χ1) is 8.56. The molecule has 1 unspecified atom stereocenters. The van der Waals surface area contributed by atoms with Crippen molar-refractivity contribution in [3.8, 4) is 0 Å². The first-order valence-electron chi connectivity index (χ1n) is 5.82. The molecular weight excluding hydrogens is 232 g/mol. The maximum absolute atomic E-state index is 13.2. The number of hydrogen-bond donors (Lipinski definition) is 1. The largest absolute Gasteiger partial charge is 0.324 e. The van der Waals surface area contributed by atoms with Gasteiger partial charge in [0.05, 0.1) is 0 Å². The van der Waals surface area contributed by atoms with Gasteiger partial charge in [-0.1, -0.05) is 24.3 Å². The molecule has 0 aliphatic rings. The Labute approximate surface area is 105 Å². The maximum atomic E-state index is 13.2. The van der Waals surface area contributed by atoms with Crippen molar-refractivity contribution in [3.05, 3.63) is 70.8 Å². The lowest BCUT2D eigenvalue weighted by Crippen LogP contribution is -2.13. The lowest BCUT2D eigenvalue weighted by atomic mass is 9.98. The summed E-state index contributed by atoms with van der Waals surface area (Å²) in [5.74, 6) is -0.488. The van der Waals surface area contributed by atoms with Gasteiger partial charge >= 0.3 is 0 Å². The highest BCUT2D eigenvalue weighted by atomic mass is 19.1. The van der Waals surface area contributed by atoms with E-state index in [1.807, 2.05) is 0 Å². The Kier molecular flexibility index (Phi) is 3.72. The summed E-state index contributed by atoms with van der Waals surface area (Å²) in [6, 6.07) is 10.9. The van der Waals surface area contributed by atoms with Gasteiger partial charge in [0, 0.05) is 6.04 Å². The van der Waals surface area contributed by atoms with Crippen LogP contribution in [0.1, 0.15) is 22.7 Å². The molecule has 1 nitrogen and oxygen atoms in total. The summed E-state index contributed by atoms with van der Waals surface area (Å²) in [4.78, 5) is 0. The number of aryl methyl sites for hydroxylation is 1. The minimum absolute atomic E-state index is 0.213. The van der Waals surface area contributed by atoms with Crippen LogP contribution < -0.4 is 5.73 Å². The lowest BCUT2D eigenvalue weighted by Gasteiger charge is -2.13. The third kappa shape index (κ3) is 2.93. The van der Waals surface area contributed by atoms with Crippen molar-refractivity contribution >= 4 is 0 Å².